The number of sulfone groups is 1. The van der Waals surface area contributed by atoms with Gasteiger partial charge >= 0.3 is 0 Å². The third-order valence-corrected chi connectivity index (χ3v) is 5.59. The topological polar surface area (TPSA) is 135 Å². The normalized spacial score (nSPS) is 11.6. The highest BCUT2D eigenvalue weighted by Crippen LogP contribution is 2.35. The Morgan fingerprint density at radius 2 is 1.90 bits per heavy atom. The summed E-state index contributed by atoms with van der Waals surface area (Å²) < 4.78 is 38.1. The maximum Gasteiger partial charge on any atom is 0.229 e. The maximum absolute atomic E-state index is 13.8. The fourth-order valence-electron chi connectivity index (χ4n) is 3.13. The van der Waals surface area contributed by atoms with Crippen LogP contribution in [-0.2, 0) is 9.84 Å². The summed E-state index contributed by atoms with van der Waals surface area (Å²) in [5.74, 6) is 0.0283. The lowest BCUT2D eigenvalue weighted by atomic mass is 10.1. The summed E-state index contributed by atoms with van der Waals surface area (Å²) in [6.45, 7) is 1.79. The van der Waals surface area contributed by atoms with Crippen LogP contribution in [0.15, 0.2) is 41.6 Å². The minimum absolute atomic E-state index is 0.0914. The first-order chi connectivity index (χ1) is 14.7. The molecule has 1 aromatic carbocycles. The molecule has 10 nitrogen and oxygen atoms in total. The largest absolute Gasteiger partial charge is 0.427 e. The van der Waals surface area contributed by atoms with E-state index >= 15 is 0 Å². The summed E-state index contributed by atoms with van der Waals surface area (Å²) in [7, 11) is -1.73. The Morgan fingerprint density at radius 3 is 2.61 bits per heavy atom. The van der Waals surface area contributed by atoms with Crippen LogP contribution < -0.4 is 10.6 Å². The molecule has 3 N–H and O–H groups in total. The molecule has 0 atom stereocenters. The van der Waals surface area contributed by atoms with Gasteiger partial charge in [-0.15, -0.1) is 10.2 Å². The van der Waals surface area contributed by atoms with Crippen LogP contribution in [0.3, 0.4) is 0 Å². The van der Waals surface area contributed by atoms with Crippen molar-refractivity contribution >= 4 is 27.3 Å². The molecule has 0 saturated heterocycles. The number of rotatable bonds is 5. The van der Waals surface area contributed by atoms with Gasteiger partial charge in [0.15, 0.2) is 15.7 Å². The zero-order valence-electron chi connectivity index (χ0n) is 16.8. The molecule has 0 unspecified atom stereocenters. The molecule has 2 aromatic rings. The van der Waals surface area contributed by atoms with Crippen molar-refractivity contribution in [3.05, 3.63) is 48.0 Å². The predicted molar refractivity (Wildman–Crippen MR) is 112 cm³/mol. The molecule has 0 spiro atoms. The average Bonchev–Trinajstić information content (AvgIpc) is 3.10. The lowest BCUT2D eigenvalue weighted by Crippen LogP contribution is -2.05. The average molecular weight is 443 g/mol. The molecule has 0 saturated carbocycles. The number of nitrogens with one attached hydrogen (secondary N) is 2. The van der Waals surface area contributed by atoms with Crippen molar-refractivity contribution in [3.8, 4) is 22.6 Å². The van der Waals surface area contributed by atoms with Crippen LogP contribution in [0.5, 0.6) is 0 Å². The molecule has 3 heterocycles. The lowest BCUT2D eigenvalue weighted by molar-refractivity contribution is 0.182. The molecular formula is C19H18FN7O3S. The second-order valence-corrected chi connectivity index (χ2v) is 8.94. The van der Waals surface area contributed by atoms with Crippen LogP contribution in [0.1, 0.15) is 5.56 Å². The SMILES string of the molecule is CNc1nc(Nc2cc(C)cc(S(C)(=O)=O)c2)ncc1-c1nnc2n(O)cc(F)cc1-2. The van der Waals surface area contributed by atoms with E-state index in [2.05, 4.69) is 30.8 Å². The first-order valence-electron chi connectivity index (χ1n) is 9.03. The number of hydrogen-bond acceptors (Lipinski definition) is 9. The Hall–Kier alpha value is -3.80. The molecule has 31 heavy (non-hydrogen) atoms. The number of pyridine rings is 1. The van der Waals surface area contributed by atoms with E-state index in [1.165, 1.54) is 18.3 Å². The van der Waals surface area contributed by atoms with Gasteiger partial charge in [0.1, 0.15) is 17.3 Å². The van der Waals surface area contributed by atoms with Gasteiger partial charge in [-0.3, -0.25) is 0 Å². The molecule has 2 aliphatic rings. The van der Waals surface area contributed by atoms with Crippen molar-refractivity contribution in [2.75, 3.05) is 23.9 Å². The monoisotopic (exact) mass is 443 g/mol. The molecule has 0 amide bonds. The van der Waals surface area contributed by atoms with E-state index < -0.39 is 15.7 Å². The Balaban J connectivity index is 1.73. The maximum atomic E-state index is 13.8. The van der Waals surface area contributed by atoms with Gasteiger partial charge in [-0.05, 0) is 36.8 Å². The summed E-state index contributed by atoms with van der Waals surface area (Å²) >= 11 is 0. The fraction of sp³-hybridized carbons (Fsp3) is 0.158. The fourth-order valence-corrected chi connectivity index (χ4v) is 3.88. The summed E-state index contributed by atoms with van der Waals surface area (Å²) in [6.07, 6.45) is 3.50. The molecule has 0 bridgehead atoms. The Bertz CT molecular complexity index is 1370. The number of anilines is 3. The number of halogens is 1. The van der Waals surface area contributed by atoms with E-state index in [-0.39, 0.29) is 16.7 Å². The van der Waals surface area contributed by atoms with Crippen LogP contribution in [0.2, 0.25) is 0 Å². The highest BCUT2D eigenvalue weighted by Gasteiger charge is 2.22. The number of fused-ring (bicyclic) bond motifs is 1. The first-order valence-corrected chi connectivity index (χ1v) is 10.9. The summed E-state index contributed by atoms with van der Waals surface area (Å²) in [5.41, 5.74) is 2.30. The number of hydrogen-bond donors (Lipinski definition) is 3. The zero-order chi connectivity index (χ0) is 22.3. The van der Waals surface area contributed by atoms with Gasteiger partial charge < -0.3 is 15.8 Å². The molecule has 1 aromatic heterocycles. The number of nitrogens with zero attached hydrogens (tertiary/aromatic N) is 5. The van der Waals surface area contributed by atoms with Gasteiger partial charge in [0.25, 0.3) is 0 Å². The second-order valence-electron chi connectivity index (χ2n) is 6.93. The molecule has 4 rings (SSSR count). The van der Waals surface area contributed by atoms with E-state index in [0.29, 0.717) is 33.1 Å². The minimum Gasteiger partial charge on any atom is -0.427 e. The van der Waals surface area contributed by atoms with Gasteiger partial charge in [-0.2, -0.15) is 9.71 Å². The van der Waals surface area contributed by atoms with Crippen molar-refractivity contribution < 1.29 is 18.0 Å². The quantitative estimate of drug-likeness (QED) is 0.398. The summed E-state index contributed by atoms with van der Waals surface area (Å²) in [4.78, 5) is 8.85. The van der Waals surface area contributed by atoms with Crippen molar-refractivity contribution in [1.29, 1.82) is 0 Å². The van der Waals surface area contributed by atoms with Crippen molar-refractivity contribution in [3.63, 3.8) is 0 Å². The van der Waals surface area contributed by atoms with Crippen molar-refractivity contribution in [2.45, 2.75) is 11.8 Å². The van der Waals surface area contributed by atoms with Gasteiger partial charge in [0.05, 0.1) is 22.2 Å². The summed E-state index contributed by atoms with van der Waals surface area (Å²) in [5, 5.41) is 23.7. The minimum atomic E-state index is -3.38. The number of aryl methyl sites for hydroxylation is 1. The van der Waals surface area contributed by atoms with E-state index in [1.807, 2.05) is 0 Å². The molecule has 0 fully saturated rings. The third kappa shape index (κ3) is 3.97. The highest BCUT2D eigenvalue weighted by molar-refractivity contribution is 7.90. The Morgan fingerprint density at radius 1 is 1.13 bits per heavy atom. The first kappa shape index (κ1) is 20.5. The van der Waals surface area contributed by atoms with E-state index in [0.717, 1.165) is 18.0 Å². The predicted octanol–water partition coefficient (Wildman–Crippen LogP) is 2.71. The summed E-state index contributed by atoms with van der Waals surface area (Å²) in [6, 6.07) is 6.05. The Labute approximate surface area is 177 Å². The molecule has 160 valence electrons. The van der Waals surface area contributed by atoms with Gasteiger partial charge in [0.2, 0.25) is 5.95 Å². The number of benzene rings is 1. The number of aromatic nitrogens is 5. The second kappa shape index (κ2) is 7.47. The van der Waals surface area contributed by atoms with Gasteiger partial charge in [-0.25, -0.2) is 17.8 Å². The molecular weight excluding hydrogens is 425 g/mol. The van der Waals surface area contributed by atoms with E-state index in [1.54, 1.807) is 26.1 Å². The van der Waals surface area contributed by atoms with Crippen LogP contribution in [0, 0.1) is 12.7 Å². The third-order valence-electron chi connectivity index (χ3n) is 4.50. The van der Waals surface area contributed by atoms with E-state index in [9.17, 15) is 18.0 Å². The van der Waals surface area contributed by atoms with Crippen LogP contribution in [0.25, 0.3) is 22.6 Å². The van der Waals surface area contributed by atoms with E-state index in [4.69, 9.17) is 0 Å². The molecule has 0 aliphatic carbocycles. The standard InChI is InChI=1S/C19H18FN7O3S/c1-10-4-12(7-13(5-10)31(3,29)30)23-19-22-8-15(17(21-2)24-19)16-14-6-11(20)9-27(28)18(14)26-25-16/h4-9,28H,1-3H3,(H2,21,22,23,24). The van der Waals surface area contributed by atoms with Crippen LogP contribution >= 0.6 is 0 Å². The molecule has 12 heteroatoms. The molecule has 2 aliphatic heterocycles. The van der Waals surface area contributed by atoms with Gasteiger partial charge in [-0.1, -0.05) is 0 Å². The zero-order valence-corrected chi connectivity index (χ0v) is 17.6. The highest BCUT2D eigenvalue weighted by atomic mass is 32.2. The van der Waals surface area contributed by atoms with Crippen molar-refractivity contribution in [1.82, 2.24) is 24.9 Å². The lowest BCUT2D eigenvalue weighted by Gasteiger charge is -2.12. The van der Waals surface area contributed by atoms with Crippen molar-refractivity contribution in [2.24, 2.45) is 0 Å². The van der Waals surface area contributed by atoms with Gasteiger partial charge in [0, 0.05) is 25.2 Å². The smallest absolute Gasteiger partial charge is 0.229 e. The Kier molecular flexibility index (Phi) is 4.93. The van der Waals surface area contributed by atoms with Crippen LogP contribution in [0.4, 0.5) is 21.8 Å². The van der Waals surface area contributed by atoms with Crippen LogP contribution in [-0.4, -0.2) is 51.8 Å². The molecule has 0 radical (unpaired) electrons.